The van der Waals surface area contributed by atoms with E-state index >= 15 is 0 Å². The fourth-order valence-electron chi connectivity index (χ4n) is 4.15. The number of rotatable bonds is 4. The molecule has 27 heavy (non-hydrogen) atoms. The minimum Gasteiger partial charge on any atom is -0.508 e. The molecule has 0 atom stereocenters. The van der Waals surface area contributed by atoms with Gasteiger partial charge in [0.05, 0.1) is 0 Å². The van der Waals surface area contributed by atoms with Crippen molar-refractivity contribution in [3.8, 4) is 11.5 Å². The number of hydrogen-bond donors (Lipinski definition) is 3. The molecule has 2 aliphatic rings. The minimum atomic E-state index is 0.175. The molecule has 0 amide bonds. The van der Waals surface area contributed by atoms with Crippen LogP contribution in [0.2, 0.25) is 0 Å². The quantitative estimate of drug-likeness (QED) is 0.775. The maximum Gasteiger partial charge on any atom is 0.123 e. The monoisotopic (exact) mass is 367 g/mol. The maximum absolute atomic E-state index is 10.3. The third-order valence-electron chi connectivity index (χ3n) is 5.70. The van der Waals surface area contributed by atoms with Crippen molar-refractivity contribution in [3.05, 3.63) is 52.6 Å². The van der Waals surface area contributed by atoms with E-state index in [0.717, 1.165) is 50.4 Å². The molecule has 0 spiro atoms. The van der Waals surface area contributed by atoms with E-state index < -0.39 is 0 Å². The number of aromatic hydroxyl groups is 2. The van der Waals surface area contributed by atoms with Gasteiger partial charge in [0.2, 0.25) is 0 Å². The van der Waals surface area contributed by atoms with E-state index in [1.54, 1.807) is 0 Å². The molecular formula is C22H29N3O2. The Kier molecular flexibility index (Phi) is 4.98. The van der Waals surface area contributed by atoms with Crippen molar-refractivity contribution in [2.75, 3.05) is 31.1 Å². The first-order valence-corrected chi connectivity index (χ1v) is 9.86. The van der Waals surface area contributed by atoms with Crippen LogP contribution in [-0.4, -0.2) is 41.3 Å². The Hall–Kier alpha value is -2.24. The topological polar surface area (TPSA) is 59.0 Å². The second kappa shape index (κ2) is 7.41. The third-order valence-corrected chi connectivity index (χ3v) is 5.70. The van der Waals surface area contributed by atoms with Crippen molar-refractivity contribution in [2.24, 2.45) is 0 Å². The van der Waals surface area contributed by atoms with Gasteiger partial charge in [0, 0.05) is 63.1 Å². The lowest BCUT2D eigenvalue weighted by Crippen LogP contribution is -2.43. The third kappa shape index (κ3) is 3.75. The Morgan fingerprint density at radius 3 is 2.44 bits per heavy atom. The molecule has 2 aromatic carbocycles. The lowest BCUT2D eigenvalue weighted by Gasteiger charge is -2.29. The molecule has 0 aliphatic carbocycles. The number of phenolic OH excluding ortho intramolecular Hbond substituents is 2. The van der Waals surface area contributed by atoms with E-state index in [4.69, 9.17) is 0 Å². The molecule has 2 aromatic rings. The summed E-state index contributed by atoms with van der Waals surface area (Å²) in [5, 5.41) is 23.8. The number of anilines is 1. The Bertz CT molecular complexity index is 829. The van der Waals surface area contributed by atoms with Crippen LogP contribution in [0.1, 0.15) is 42.0 Å². The summed E-state index contributed by atoms with van der Waals surface area (Å²) in [5.74, 6) is 0.577. The van der Waals surface area contributed by atoms with Gasteiger partial charge in [0.1, 0.15) is 11.5 Å². The first-order chi connectivity index (χ1) is 13.0. The van der Waals surface area contributed by atoms with Crippen molar-refractivity contribution in [2.45, 2.75) is 39.4 Å². The summed E-state index contributed by atoms with van der Waals surface area (Å²) in [5.41, 5.74) is 5.84. The number of benzene rings is 2. The van der Waals surface area contributed by atoms with E-state index in [2.05, 4.69) is 47.2 Å². The predicted molar refractivity (Wildman–Crippen MR) is 108 cm³/mol. The van der Waals surface area contributed by atoms with Crippen molar-refractivity contribution in [3.63, 3.8) is 0 Å². The van der Waals surface area contributed by atoms with Crippen molar-refractivity contribution in [1.29, 1.82) is 0 Å². The molecule has 5 nitrogen and oxygen atoms in total. The standard InChI is InChI=1S/C22H29N3O2/c1-15(2)20-10-18(21(26)11-22(20)27)14-24-12-16-3-4-19(9-17(16)13-24)25-7-5-23-6-8-25/h3-4,9-11,15,23,26-27H,5-8,12-14H2,1-2H3. The highest BCUT2D eigenvalue weighted by atomic mass is 16.3. The number of phenols is 2. The van der Waals surface area contributed by atoms with Crippen LogP contribution in [0.25, 0.3) is 0 Å². The first-order valence-electron chi connectivity index (χ1n) is 9.86. The molecule has 0 bridgehead atoms. The van der Waals surface area contributed by atoms with Crippen LogP contribution in [0.5, 0.6) is 11.5 Å². The molecule has 1 fully saturated rings. The van der Waals surface area contributed by atoms with E-state index in [-0.39, 0.29) is 17.4 Å². The summed E-state index contributed by atoms with van der Waals surface area (Å²) in [4.78, 5) is 4.79. The summed E-state index contributed by atoms with van der Waals surface area (Å²) in [6, 6.07) is 10.3. The predicted octanol–water partition coefficient (Wildman–Crippen LogP) is 3.15. The van der Waals surface area contributed by atoms with Crippen molar-refractivity contribution < 1.29 is 10.2 Å². The van der Waals surface area contributed by atoms with Crippen LogP contribution in [0.4, 0.5) is 5.69 Å². The van der Waals surface area contributed by atoms with Crippen LogP contribution in [-0.2, 0) is 19.6 Å². The van der Waals surface area contributed by atoms with E-state index in [0.29, 0.717) is 6.54 Å². The molecule has 2 heterocycles. The first kappa shape index (κ1) is 18.1. The van der Waals surface area contributed by atoms with E-state index in [9.17, 15) is 10.2 Å². The Balaban J connectivity index is 1.49. The second-order valence-electron chi connectivity index (χ2n) is 8.03. The molecule has 2 aliphatic heterocycles. The van der Waals surface area contributed by atoms with Gasteiger partial charge in [0.25, 0.3) is 0 Å². The van der Waals surface area contributed by atoms with Crippen LogP contribution < -0.4 is 10.2 Å². The van der Waals surface area contributed by atoms with Gasteiger partial charge in [-0.25, -0.2) is 0 Å². The van der Waals surface area contributed by atoms with Gasteiger partial charge in [-0.15, -0.1) is 0 Å². The summed E-state index contributed by atoms with van der Waals surface area (Å²) in [7, 11) is 0. The van der Waals surface area contributed by atoms with Crippen LogP contribution in [0.15, 0.2) is 30.3 Å². The van der Waals surface area contributed by atoms with E-state index in [1.807, 2.05) is 6.07 Å². The Morgan fingerprint density at radius 2 is 1.70 bits per heavy atom. The summed E-state index contributed by atoms with van der Waals surface area (Å²) >= 11 is 0. The normalized spacial score (nSPS) is 17.5. The largest absolute Gasteiger partial charge is 0.508 e. The molecule has 1 saturated heterocycles. The van der Waals surface area contributed by atoms with Gasteiger partial charge in [-0.3, -0.25) is 4.90 Å². The molecule has 0 aromatic heterocycles. The summed E-state index contributed by atoms with van der Waals surface area (Å²) in [6.45, 7) is 10.8. The molecule has 5 heteroatoms. The molecule has 144 valence electrons. The second-order valence-corrected chi connectivity index (χ2v) is 8.03. The average molecular weight is 367 g/mol. The number of fused-ring (bicyclic) bond motifs is 1. The number of nitrogens with zero attached hydrogens (tertiary/aromatic N) is 2. The summed E-state index contributed by atoms with van der Waals surface area (Å²) < 4.78 is 0. The molecule has 0 radical (unpaired) electrons. The number of hydrogen-bond acceptors (Lipinski definition) is 5. The lowest BCUT2D eigenvalue weighted by molar-refractivity contribution is 0.270. The molecule has 0 unspecified atom stereocenters. The van der Waals surface area contributed by atoms with Crippen LogP contribution in [0, 0.1) is 0 Å². The van der Waals surface area contributed by atoms with Gasteiger partial charge < -0.3 is 20.4 Å². The zero-order chi connectivity index (χ0) is 19.0. The summed E-state index contributed by atoms with van der Waals surface area (Å²) in [6.07, 6.45) is 0. The fourth-order valence-corrected chi connectivity index (χ4v) is 4.15. The van der Waals surface area contributed by atoms with Gasteiger partial charge in [0.15, 0.2) is 0 Å². The highest BCUT2D eigenvalue weighted by Crippen LogP contribution is 2.35. The van der Waals surface area contributed by atoms with Crippen molar-refractivity contribution in [1.82, 2.24) is 10.2 Å². The van der Waals surface area contributed by atoms with Gasteiger partial charge in [-0.05, 0) is 40.8 Å². The number of piperazine rings is 1. The Labute approximate surface area is 161 Å². The smallest absolute Gasteiger partial charge is 0.123 e. The molecule has 4 rings (SSSR count). The highest BCUT2D eigenvalue weighted by molar-refractivity contribution is 5.53. The molecule has 0 saturated carbocycles. The van der Waals surface area contributed by atoms with Gasteiger partial charge in [-0.1, -0.05) is 19.9 Å². The van der Waals surface area contributed by atoms with Gasteiger partial charge in [-0.2, -0.15) is 0 Å². The maximum atomic E-state index is 10.3. The van der Waals surface area contributed by atoms with Crippen LogP contribution >= 0.6 is 0 Å². The molecular weight excluding hydrogens is 338 g/mol. The van der Waals surface area contributed by atoms with Crippen LogP contribution in [0.3, 0.4) is 0 Å². The Morgan fingerprint density at radius 1 is 0.963 bits per heavy atom. The number of nitrogens with one attached hydrogen (secondary N) is 1. The average Bonchev–Trinajstić information content (AvgIpc) is 3.06. The van der Waals surface area contributed by atoms with Crippen molar-refractivity contribution >= 4 is 5.69 Å². The zero-order valence-corrected chi connectivity index (χ0v) is 16.2. The zero-order valence-electron chi connectivity index (χ0n) is 16.2. The van der Waals surface area contributed by atoms with Gasteiger partial charge >= 0.3 is 0 Å². The highest BCUT2D eigenvalue weighted by Gasteiger charge is 2.22. The lowest BCUT2D eigenvalue weighted by atomic mass is 9.98. The van der Waals surface area contributed by atoms with E-state index in [1.165, 1.54) is 22.9 Å². The fraction of sp³-hybridized carbons (Fsp3) is 0.455. The minimum absolute atomic E-state index is 0.175. The SMILES string of the molecule is CC(C)c1cc(CN2Cc3ccc(N4CCNCC4)cc3C2)c(O)cc1O. The molecule has 3 N–H and O–H groups in total.